The number of carbonyl (C=O) groups is 1. The van der Waals surface area contributed by atoms with Crippen molar-refractivity contribution in [1.82, 2.24) is 14.8 Å². The van der Waals surface area contributed by atoms with Gasteiger partial charge in [0.15, 0.2) is 0 Å². The molecule has 0 spiro atoms. The lowest BCUT2D eigenvalue weighted by Crippen LogP contribution is -2.48. The van der Waals surface area contributed by atoms with E-state index in [1.807, 2.05) is 29.3 Å². The molecule has 0 unspecified atom stereocenters. The van der Waals surface area contributed by atoms with Crippen LogP contribution in [0.15, 0.2) is 48.8 Å². The van der Waals surface area contributed by atoms with Crippen LogP contribution in [0.4, 0.5) is 0 Å². The zero-order chi connectivity index (χ0) is 17.5. The van der Waals surface area contributed by atoms with E-state index in [4.69, 9.17) is 5.26 Å². The van der Waals surface area contributed by atoms with Crippen molar-refractivity contribution in [3.8, 4) is 6.07 Å². The van der Waals surface area contributed by atoms with Gasteiger partial charge in [-0.25, -0.2) is 0 Å². The lowest BCUT2D eigenvalue weighted by molar-refractivity contribution is -0.133. The molecule has 3 rings (SSSR count). The minimum atomic E-state index is 0.213. The number of piperazine rings is 1. The zero-order valence-corrected chi connectivity index (χ0v) is 14.3. The molecular weight excluding hydrogens is 312 g/mol. The van der Waals surface area contributed by atoms with Crippen molar-refractivity contribution in [2.24, 2.45) is 0 Å². The molecule has 1 amide bonds. The molecule has 1 aliphatic heterocycles. The molecule has 0 radical (unpaired) electrons. The molecule has 0 bridgehead atoms. The fourth-order valence-electron chi connectivity index (χ4n) is 3.06. The third-order valence-corrected chi connectivity index (χ3v) is 4.56. The highest BCUT2D eigenvalue weighted by Crippen LogP contribution is 2.11. The van der Waals surface area contributed by atoms with Gasteiger partial charge in [0, 0.05) is 51.5 Å². The number of aryl methyl sites for hydroxylation is 1. The van der Waals surface area contributed by atoms with Gasteiger partial charge in [0.1, 0.15) is 0 Å². The standard InChI is InChI=1S/C20H22N4O/c21-14-18-5-3-17(4-6-18)7-8-20(25)24-12-10-23(11-13-24)16-19-2-1-9-22-15-19/h1-6,9,15H,7-8,10-13,16H2. The third-order valence-electron chi connectivity index (χ3n) is 4.56. The van der Waals surface area contributed by atoms with E-state index in [9.17, 15) is 4.79 Å². The van der Waals surface area contributed by atoms with Gasteiger partial charge in [-0.15, -0.1) is 0 Å². The molecule has 1 aromatic heterocycles. The second-order valence-corrected chi connectivity index (χ2v) is 6.33. The number of pyridine rings is 1. The maximum atomic E-state index is 12.4. The number of amides is 1. The predicted molar refractivity (Wildman–Crippen MR) is 95.6 cm³/mol. The Kier molecular flexibility index (Phi) is 5.76. The monoisotopic (exact) mass is 334 g/mol. The molecule has 1 fully saturated rings. The molecule has 0 aliphatic carbocycles. The van der Waals surface area contributed by atoms with Crippen LogP contribution in [-0.4, -0.2) is 46.9 Å². The zero-order valence-electron chi connectivity index (χ0n) is 14.3. The molecule has 0 N–H and O–H groups in total. The van der Waals surface area contributed by atoms with E-state index in [-0.39, 0.29) is 5.91 Å². The van der Waals surface area contributed by atoms with Crippen LogP contribution in [-0.2, 0) is 17.8 Å². The Balaban J connectivity index is 1.42. The van der Waals surface area contributed by atoms with Crippen LogP contribution >= 0.6 is 0 Å². The molecule has 5 nitrogen and oxygen atoms in total. The van der Waals surface area contributed by atoms with Crippen molar-refractivity contribution in [2.75, 3.05) is 26.2 Å². The minimum Gasteiger partial charge on any atom is -0.340 e. The lowest BCUT2D eigenvalue weighted by Gasteiger charge is -2.34. The second kappa shape index (κ2) is 8.41. The first-order chi connectivity index (χ1) is 12.2. The fraction of sp³-hybridized carbons (Fsp3) is 0.350. The van der Waals surface area contributed by atoms with Crippen molar-refractivity contribution in [2.45, 2.75) is 19.4 Å². The van der Waals surface area contributed by atoms with Crippen LogP contribution in [0, 0.1) is 11.3 Å². The molecule has 128 valence electrons. The van der Waals surface area contributed by atoms with Crippen LogP contribution in [0.3, 0.4) is 0 Å². The lowest BCUT2D eigenvalue weighted by atomic mass is 10.1. The quantitative estimate of drug-likeness (QED) is 0.841. The summed E-state index contributed by atoms with van der Waals surface area (Å²) in [7, 11) is 0. The third kappa shape index (κ3) is 4.88. The number of carbonyl (C=O) groups excluding carboxylic acids is 1. The highest BCUT2D eigenvalue weighted by molar-refractivity contribution is 5.76. The van der Waals surface area contributed by atoms with Crippen LogP contribution in [0.5, 0.6) is 0 Å². The summed E-state index contributed by atoms with van der Waals surface area (Å²) >= 11 is 0. The van der Waals surface area contributed by atoms with Gasteiger partial charge in [-0.3, -0.25) is 14.7 Å². The van der Waals surface area contributed by atoms with E-state index in [0.717, 1.165) is 44.7 Å². The molecule has 2 heterocycles. The van der Waals surface area contributed by atoms with Crippen LogP contribution in [0.25, 0.3) is 0 Å². The first-order valence-electron chi connectivity index (χ1n) is 8.62. The van der Waals surface area contributed by atoms with E-state index < -0.39 is 0 Å². The van der Waals surface area contributed by atoms with E-state index in [1.54, 1.807) is 18.3 Å². The Hall–Kier alpha value is -2.71. The van der Waals surface area contributed by atoms with Crippen molar-refractivity contribution < 1.29 is 4.79 Å². The summed E-state index contributed by atoms with van der Waals surface area (Å²) in [5, 5.41) is 8.81. The maximum absolute atomic E-state index is 12.4. The van der Waals surface area contributed by atoms with Crippen molar-refractivity contribution in [3.05, 3.63) is 65.5 Å². The van der Waals surface area contributed by atoms with Crippen molar-refractivity contribution in [3.63, 3.8) is 0 Å². The second-order valence-electron chi connectivity index (χ2n) is 6.33. The molecule has 1 saturated heterocycles. The highest BCUT2D eigenvalue weighted by atomic mass is 16.2. The maximum Gasteiger partial charge on any atom is 0.222 e. The average Bonchev–Trinajstić information content (AvgIpc) is 2.68. The SMILES string of the molecule is N#Cc1ccc(CCC(=O)N2CCN(Cc3cccnc3)CC2)cc1. The van der Waals surface area contributed by atoms with Crippen LogP contribution in [0.1, 0.15) is 23.1 Å². The summed E-state index contributed by atoms with van der Waals surface area (Å²) in [6.45, 7) is 4.26. The summed E-state index contributed by atoms with van der Waals surface area (Å²) in [6, 6.07) is 13.6. The smallest absolute Gasteiger partial charge is 0.222 e. The average molecular weight is 334 g/mol. The van der Waals surface area contributed by atoms with E-state index in [2.05, 4.69) is 22.0 Å². The van der Waals surface area contributed by atoms with Crippen molar-refractivity contribution in [1.29, 1.82) is 5.26 Å². The van der Waals surface area contributed by atoms with E-state index in [1.165, 1.54) is 5.56 Å². The number of benzene rings is 1. The molecule has 5 heteroatoms. The number of hydrogen-bond donors (Lipinski definition) is 0. The summed E-state index contributed by atoms with van der Waals surface area (Å²) in [6.07, 6.45) is 4.93. The Morgan fingerprint density at radius 2 is 1.84 bits per heavy atom. The van der Waals surface area contributed by atoms with Gasteiger partial charge in [0.2, 0.25) is 5.91 Å². The van der Waals surface area contributed by atoms with Crippen LogP contribution < -0.4 is 0 Å². The van der Waals surface area contributed by atoms with Gasteiger partial charge in [0.25, 0.3) is 0 Å². The van der Waals surface area contributed by atoms with Gasteiger partial charge in [0.05, 0.1) is 11.6 Å². The van der Waals surface area contributed by atoms with Gasteiger partial charge in [-0.2, -0.15) is 5.26 Å². The van der Waals surface area contributed by atoms with Crippen LogP contribution in [0.2, 0.25) is 0 Å². The summed E-state index contributed by atoms with van der Waals surface area (Å²) in [5.74, 6) is 0.213. The molecule has 0 atom stereocenters. The fourth-order valence-corrected chi connectivity index (χ4v) is 3.06. The number of hydrogen-bond acceptors (Lipinski definition) is 4. The number of nitrogens with zero attached hydrogens (tertiary/aromatic N) is 4. The summed E-state index contributed by atoms with van der Waals surface area (Å²) in [4.78, 5) is 20.9. The minimum absolute atomic E-state index is 0.213. The molecule has 1 aliphatic rings. The summed E-state index contributed by atoms with van der Waals surface area (Å²) in [5.41, 5.74) is 2.96. The molecule has 1 aromatic carbocycles. The van der Waals surface area contributed by atoms with Gasteiger partial charge >= 0.3 is 0 Å². The topological polar surface area (TPSA) is 60.2 Å². The largest absolute Gasteiger partial charge is 0.340 e. The highest BCUT2D eigenvalue weighted by Gasteiger charge is 2.20. The Morgan fingerprint density at radius 1 is 1.08 bits per heavy atom. The normalized spacial score (nSPS) is 14.9. The molecular formula is C20H22N4O. The number of rotatable bonds is 5. The molecule has 25 heavy (non-hydrogen) atoms. The first kappa shape index (κ1) is 17.1. The Bertz CT molecular complexity index is 729. The molecule has 0 saturated carbocycles. The van der Waals surface area contributed by atoms with Crippen molar-refractivity contribution >= 4 is 5.91 Å². The number of aromatic nitrogens is 1. The van der Waals surface area contributed by atoms with E-state index in [0.29, 0.717) is 12.0 Å². The van der Waals surface area contributed by atoms with Gasteiger partial charge < -0.3 is 4.90 Å². The Morgan fingerprint density at radius 3 is 2.48 bits per heavy atom. The predicted octanol–water partition coefficient (Wildman–Crippen LogP) is 2.23. The first-order valence-corrected chi connectivity index (χ1v) is 8.62. The van der Waals surface area contributed by atoms with E-state index >= 15 is 0 Å². The number of nitriles is 1. The van der Waals surface area contributed by atoms with Gasteiger partial charge in [-0.1, -0.05) is 18.2 Å². The Labute approximate surface area is 148 Å². The van der Waals surface area contributed by atoms with Gasteiger partial charge in [-0.05, 0) is 35.7 Å². The molecule has 2 aromatic rings. The summed E-state index contributed by atoms with van der Waals surface area (Å²) < 4.78 is 0.